The number of imidazole rings is 1. The number of hydrogen-bond acceptors (Lipinski definition) is 4. The third-order valence-electron chi connectivity index (χ3n) is 4.25. The standard InChI is InChI=1S/C14H19N3O3S/c1-16-8-7-15-14(16)21(19,20)12-9-17(10-12)13(18)11-5-3-2-4-6-11/h2-3,7-8,11-12H,4-6,9-10H2,1H3. The lowest BCUT2D eigenvalue weighted by molar-refractivity contribution is -0.139. The van der Waals surface area contributed by atoms with Crippen molar-refractivity contribution in [1.82, 2.24) is 14.5 Å². The Balaban J connectivity index is 1.64. The Morgan fingerprint density at radius 1 is 1.33 bits per heavy atom. The Hall–Kier alpha value is -1.63. The molecule has 7 heteroatoms. The Morgan fingerprint density at radius 2 is 2.10 bits per heavy atom. The second-order valence-corrected chi connectivity index (χ2v) is 7.83. The molecule has 0 spiro atoms. The van der Waals surface area contributed by atoms with E-state index in [1.807, 2.05) is 6.08 Å². The average molecular weight is 309 g/mol. The van der Waals surface area contributed by atoms with Crippen molar-refractivity contribution in [3.8, 4) is 0 Å². The third kappa shape index (κ3) is 2.50. The van der Waals surface area contributed by atoms with Crippen molar-refractivity contribution in [2.45, 2.75) is 29.7 Å². The molecule has 3 rings (SSSR count). The van der Waals surface area contributed by atoms with E-state index in [2.05, 4.69) is 11.1 Å². The highest BCUT2D eigenvalue weighted by Crippen LogP contribution is 2.27. The van der Waals surface area contributed by atoms with Gasteiger partial charge in [-0.25, -0.2) is 13.4 Å². The molecular formula is C14H19N3O3S. The smallest absolute Gasteiger partial charge is 0.227 e. The summed E-state index contributed by atoms with van der Waals surface area (Å²) in [5.74, 6) is 0.109. The first-order valence-electron chi connectivity index (χ1n) is 7.15. The van der Waals surface area contributed by atoms with E-state index in [0.29, 0.717) is 0 Å². The molecule has 1 aromatic rings. The van der Waals surface area contributed by atoms with E-state index in [1.54, 1.807) is 18.1 Å². The van der Waals surface area contributed by atoms with Crippen LogP contribution in [0.2, 0.25) is 0 Å². The summed E-state index contributed by atoms with van der Waals surface area (Å²) in [4.78, 5) is 17.9. The molecule has 0 saturated carbocycles. The van der Waals surface area contributed by atoms with E-state index in [9.17, 15) is 13.2 Å². The van der Waals surface area contributed by atoms with Crippen molar-refractivity contribution in [2.24, 2.45) is 13.0 Å². The van der Waals surface area contributed by atoms with Gasteiger partial charge in [-0.3, -0.25) is 4.79 Å². The zero-order valence-electron chi connectivity index (χ0n) is 12.0. The minimum absolute atomic E-state index is 0.0202. The minimum atomic E-state index is -3.44. The summed E-state index contributed by atoms with van der Waals surface area (Å²) in [6.45, 7) is 0.572. The molecule has 114 valence electrons. The predicted molar refractivity (Wildman–Crippen MR) is 77.2 cm³/mol. The molecule has 1 aliphatic carbocycles. The van der Waals surface area contributed by atoms with Gasteiger partial charge in [-0.05, 0) is 19.3 Å². The average Bonchev–Trinajstić information content (AvgIpc) is 2.84. The monoisotopic (exact) mass is 309 g/mol. The lowest BCUT2D eigenvalue weighted by Crippen LogP contribution is -2.58. The molecule has 1 saturated heterocycles. The van der Waals surface area contributed by atoms with Gasteiger partial charge in [0.1, 0.15) is 5.25 Å². The number of sulfone groups is 1. The maximum absolute atomic E-state index is 12.4. The molecule has 0 N–H and O–H groups in total. The van der Waals surface area contributed by atoms with Gasteiger partial charge in [0.25, 0.3) is 0 Å². The molecule has 21 heavy (non-hydrogen) atoms. The maximum Gasteiger partial charge on any atom is 0.227 e. The third-order valence-corrected chi connectivity index (χ3v) is 6.33. The number of amides is 1. The first-order valence-corrected chi connectivity index (χ1v) is 8.70. The molecule has 1 fully saturated rings. The van der Waals surface area contributed by atoms with Gasteiger partial charge in [-0.2, -0.15) is 0 Å². The molecule has 1 amide bonds. The van der Waals surface area contributed by atoms with Crippen LogP contribution in [0, 0.1) is 5.92 Å². The molecule has 1 aromatic heterocycles. The molecular weight excluding hydrogens is 290 g/mol. The quantitative estimate of drug-likeness (QED) is 0.773. The van der Waals surface area contributed by atoms with Crippen LogP contribution in [0.15, 0.2) is 29.7 Å². The zero-order chi connectivity index (χ0) is 15.0. The number of aromatic nitrogens is 2. The lowest BCUT2D eigenvalue weighted by Gasteiger charge is -2.40. The zero-order valence-corrected chi connectivity index (χ0v) is 12.8. The predicted octanol–water partition coefficient (Wildman–Crippen LogP) is 0.761. The van der Waals surface area contributed by atoms with Gasteiger partial charge in [0.05, 0.1) is 0 Å². The van der Waals surface area contributed by atoms with Crippen LogP contribution < -0.4 is 0 Å². The molecule has 0 aromatic carbocycles. The van der Waals surface area contributed by atoms with Crippen LogP contribution in [-0.4, -0.2) is 47.1 Å². The van der Waals surface area contributed by atoms with Gasteiger partial charge >= 0.3 is 0 Å². The summed E-state index contributed by atoms with van der Waals surface area (Å²) in [7, 11) is -1.78. The number of hydrogen-bond donors (Lipinski definition) is 0. The molecule has 0 bridgehead atoms. The first-order chi connectivity index (χ1) is 10.00. The first kappa shape index (κ1) is 14.3. The van der Waals surface area contributed by atoms with E-state index in [-0.39, 0.29) is 30.1 Å². The van der Waals surface area contributed by atoms with Crippen LogP contribution in [-0.2, 0) is 21.7 Å². The summed E-state index contributed by atoms with van der Waals surface area (Å²) in [6, 6.07) is 0. The lowest BCUT2D eigenvalue weighted by atomic mass is 9.92. The Kier molecular flexibility index (Phi) is 3.61. The van der Waals surface area contributed by atoms with Crippen LogP contribution in [0.3, 0.4) is 0 Å². The van der Waals surface area contributed by atoms with Crippen LogP contribution in [0.4, 0.5) is 0 Å². The van der Waals surface area contributed by atoms with Crippen molar-refractivity contribution in [2.75, 3.05) is 13.1 Å². The minimum Gasteiger partial charge on any atom is -0.340 e. The second kappa shape index (κ2) is 5.29. The molecule has 0 radical (unpaired) electrons. The molecule has 2 aliphatic rings. The van der Waals surface area contributed by atoms with Crippen molar-refractivity contribution in [3.63, 3.8) is 0 Å². The fourth-order valence-corrected chi connectivity index (χ4v) is 4.59. The van der Waals surface area contributed by atoms with E-state index < -0.39 is 15.1 Å². The molecule has 6 nitrogen and oxygen atoms in total. The van der Waals surface area contributed by atoms with Gasteiger partial charge in [0.2, 0.25) is 20.9 Å². The molecule has 1 unspecified atom stereocenters. The fraction of sp³-hybridized carbons (Fsp3) is 0.571. The normalized spacial score (nSPS) is 23.1. The van der Waals surface area contributed by atoms with Crippen molar-refractivity contribution in [3.05, 3.63) is 24.5 Å². The van der Waals surface area contributed by atoms with E-state index in [1.165, 1.54) is 10.8 Å². The highest BCUT2D eigenvalue weighted by atomic mass is 32.2. The number of nitrogens with zero attached hydrogens (tertiary/aromatic N) is 3. The second-order valence-electron chi connectivity index (χ2n) is 5.71. The highest BCUT2D eigenvalue weighted by Gasteiger charge is 2.43. The number of rotatable bonds is 3. The largest absolute Gasteiger partial charge is 0.340 e. The maximum atomic E-state index is 12.4. The fourth-order valence-electron chi connectivity index (χ4n) is 2.87. The van der Waals surface area contributed by atoms with Gasteiger partial charge in [-0.15, -0.1) is 0 Å². The summed E-state index contributed by atoms with van der Waals surface area (Å²) in [6.07, 6.45) is 9.78. The van der Waals surface area contributed by atoms with Crippen LogP contribution in [0.5, 0.6) is 0 Å². The number of likely N-dealkylation sites (tertiary alicyclic amines) is 1. The van der Waals surface area contributed by atoms with Crippen LogP contribution in [0.1, 0.15) is 19.3 Å². The van der Waals surface area contributed by atoms with Gasteiger partial charge < -0.3 is 9.47 Å². The van der Waals surface area contributed by atoms with Crippen molar-refractivity contribution in [1.29, 1.82) is 0 Å². The van der Waals surface area contributed by atoms with E-state index in [0.717, 1.165) is 19.3 Å². The van der Waals surface area contributed by atoms with E-state index >= 15 is 0 Å². The van der Waals surface area contributed by atoms with Crippen molar-refractivity contribution >= 4 is 15.7 Å². The number of aryl methyl sites for hydroxylation is 1. The summed E-state index contributed by atoms with van der Waals surface area (Å²) >= 11 is 0. The van der Waals surface area contributed by atoms with Gasteiger partial charge in [0, 0.05) is 38.4 Å². The molecule has 1 aliphatic heterocycles. The highest BCUT2D eigenvalue weighted by molar-refractivity contribution is 7.92. The summed E-state index contributed by atoms with van der Waals surface area (Å²) in [5.41, 5.74) is 0. The van der Waals surface area contributed by atoms with Crippen LogP contribution in [0.25, 0.3) is 0 Å². The Morgan fingerprint density at radius 3 is 2.67 bits per heavy atom. The Labute approximate surface area is 124 Å². The topological polar surface area (TPSA) is 72.3 Å². The summed E-state index contributed by atoms with van der Waals surface area (Å²) < 4.78 is 26.3. The molecule has 1 atom stereocenters. The number of carbonyl (C=O) groups is 1. The number of allylic oxidation sites excluding steroid dienone is 2. The summed E-state index contributed by atoms with van der Waals surface area (Å²) in [5, 5.41) is -0.443. The number of carbonyl (C=O) groups excluding carboxylic acids is 1. The van der Waals surface area contributed by atoms with Crippen LogP contribution >= 0.6 is 0 Å². The Bertz CT molecular complexity index is 671. The van der Waals surface area contributed by atoms with Gasteiger partial charge in [-0.1, -0.05) is 12.2 Å². The molecule has 2 heterocycles. The van der Waals surface area contributed by atoms with Crippen molar-refractivity contribution < 1.29 is 13.2 Å². The van der Waals surface area contributed by atoms with E-state index in [4.69, 9.17) is 0 Å². The SMILES string of the molecule is Cn1ccnc1S(=O)(=O)C1CN(C(=O)C2CC=CCC2)C1. The van der Waals surface area contributed by atoms with Gasteiger partial charge in [0.15, 0.2) is 0 Å².